The molecular formula is C22H26O6. The summed E-state index contributed by atoms with van der Waals surface area (Å²) in [6, 6.07) is 5.25. The molecule has 0 atom stereocenters. The van der Waals surface area contributed by atoms with Crippen LogP contribution in [0.25, 0.3) is 5.57 Å². The zero-order valence-electron chi connectivity index (χ0n) is 17.2. The second kappa shape index (κ2) is 8.42. The van der Waals surface area contributed by atoms with Gasteiger partial charge in [0.15, 0.2) is 11.2 Å². The van der Waals surface area contributed by atoms with Crippen LogP contribution >= 0.6 is 0 Å². The molecule has 0 aliphatic heterocycles. The van der Waals surface area contributed by atoms with Crippen molar-refractivity contribution in [2.45, 2.75) is 33.6 Å². The van der Waals surface area contributed by atoms with E-state index in [1.807, 2.05) is 19.9 Å². The van der Waals surface area contributed by atoms with Crippen LogP contribution in [0.5, 0.6) is 5.75 Å². The fourth-order valence-corrected chi connectivity index (χ4v) is 3.75. The van der Waals surface area contributed by atoms with Crippen LogP contribution in [0.3, 0.4) is 0 Å². The van der Waals surface area contributed by atoms with Crippen LogP contribution in [0, 0.1) is 5.41 Å². The van der Waals surface area contributed by atoms with Gasteiger partial charge in [0.25, 0.3) is 0 Å². The summed E-state index contributed by atoms with van der Waals surface area (Å²) in [5.74, 6) is -0.713. The average molecular weight is 386 g/mol. The minimum atomic E-state index is -1.42. The lowest BCUT2D eigenvalue weighted by Crippen LogP contribution is -2.38. The Morgan fingerprint density at radius 2 is 1.57 bits per heavy atom. The van der Waals surface area contributed by atoms with E-state index in [2.05, 4.69) is 0 Å². The highest BCUT2D eigenvalue weighted by molar-refractivity contribution is 6.04. The number of benzene rings is 1. The van der Waals surface area contributed by atoms with Crippen molar-refractivity contribution < 1.29 is 28.6 Å². The number of carbonyl (C=O) groups is 3. The van der Waals surface area contributed by atoms with Crippen molar-refractivity contribution in [1.29, 1.82) is 0 Å². The second-order valence-electron chi connectivity index (χ2n) is 6.80. The number of carbonyl (C=O) groups excluding carboxylic acids is 3. The molecule has 1 aliphatic carbocycles. The summed E-state index contributed by atoms with van der Waals surface area (Å²) in [5, 5.41) is 0. The first-order valence-corrected chi connectivity index (χ1v) is 8.97. The number of esters is 2. The lowest BCUT2D eigenvalue weighted by Gasteiger charge is -2.22. The number of hydrogen-bond donors (Lipinski definition) is 0. The maximum atomic E-state index is 12.5. The van der Waals surface area contributed by atoms with Crippen LogP contribution in [0.15, 0.2) is 35.4 Å². The number of allylic oxidation sites excluding steroid dienone is 4. The molecule has 0 spiro atoms. The van der Waals surface area contributed by atoms with E-state index in [-0.39, 0.29) is 18.6 Å². The second-order valence-corrected chi connectivity index (χ2v) is 6.80. The van der Waals surface area contributed by atoms with E-state index >= 15 is 0 Å². The van der Waals surface area contributed by atoms with E-state index in [4.69, 9.17) is 14.2 Å². The molecule has 6 nitrogen and oxygen atoms in total. The Labute approximate surface area is 165 Å². The Kier molecular flexibility index (Phi) is 6.44. The molecule has 0 radical (unpaired) electrons. The summed E-state index contributed by atoms with van der Waals surface area (Å²) in [6.45, 7) is 5.23. The number of Topliss-reactive ketones (excluding diaryl/α,β-unsaturated/α-hetero) is 1. The SMILES string of the molecule is C/C=C1\CC(C(=O)OC)(C(=O)OC)C\C1=C(/C)c1cc(OC)ccc1C(C)=O. The fraction of sp³-hybridized carbons (Fsp3) is 0.409. The van der Waals surface area contributed by atoms with Crippen LogP contribution in [0.2, 0.25) is 0 Å². The molecule has 0 amide bonds. The Morgan fingerprint density at radius 3 is 2.04 bits per heavy atom. The molecule has 28 heavy (non-hydrogen) atoms. The molecule has 1 aliphatic rings. The molecule has 1 saturated carbocycles. The third-order valence-corrected chi connectivity index (χ3v) is 5.32. The number of methoxy groups -OCH3 is 3. The predicted molar refractivity (Wildman–Crippen MR) is 105 cm³/mol. The molecule has 0 bridgehead atoms. The zero-order valence-corrected chi connectivity index (χ0v) is 17.2. The smallest absolute Gasteiger partial charge is 0.323 e. The van der Waals surface area contributed by atoms with E-state index in [1.54, 1.807) is 25.3 Å². The van der Waals surface area contributed by atoms with Crippen molar-refractivity contribution in [3.05, 3.63) is 46.5 Å². The molecule has 150 valence electrons. The van der Waals surface area contributed by atoms with Gasteiger partial charge in [0, 0.05) is 12.0 Å². The maximum absolute atomic E-state index is 12.5. The van der Waals surface area contributed by atoms with Crippen molar-refractivity contribution in [1.82, 2.24) is 0 Å². The quantitative estimate of drug-likeness (QED) is 0.436. The number of hydrogen-bond acceptors (Lipinski definition) is 6. The van der Waals surface area contributed by atoms with Crippen molar-refractivity contribution in [2.24, 2.45) is 5.41 Å². The van der Waals surface area contributed by atoms with Gasteiger partial charge in [0.05, 0.1) is 21.3 Å². The van der Waals surface area contributed by atoms with Gasteiger partial charge in [-0.15, -0.1) is 0 Å². The van der Waals surface area contributed by atoms with Crippen LogP contribution < -0.4 is 4.74 Å². The third kappa shape index (κ3) is 3.59. The van der Waals surface area contributed by atoms with Gasteiger partial charge in [0.1, 0.15) is 5.75 Å². The van der Waals surface area contributed by atoms with Crippen LogP contribution in [-0.4, -0.2) is 39.1 Å². The first kappa shape index (κ1) is 21.4. The van der Waals surface area contributed by atoms with Gasteiger partial charge in [-0.3, -0.25) is 14.4 Å². The summed E-state index contributed by atoms with van der Waals surface area (Å²) in [4.78, 5) is 37.2. The molecular weight excluding hydrogens is 360 g/mol. The van der Waals surface area contributed by atoms with Crippen LogP contribution in [-0.2, 0) is 19.1 Å². The summed E-state index contributed by atoms with van der Waals surface area (Å²) in [5.41, 5.74) is 2.34. The minimum Gasteiger partial charge on any atom is -0.497 e. The molecule has 6 heteroatoms. The fourth-order valence-electron chi connectivity index (χ4n) is 3.75. The van der Waals surface area contributed by atoms with E-state index in [9.17, 15) is 14.4 Å². The Hall–Kier alpha value is -2.89. The van der Waals surface area contributed by atoms with E-state index < -0.39 is 17.4 Å². The minimum absolute atomic E-state index is 0.0789. The molecule has 0 saturated heterocycles. The predicted octanol–water partition coefficient (Wildman–Crippen LogP) is 3.74. The summed E-state index contributed by atoms with van der Waals surface area (Å²) >= 11 is 0. The standard InChI is InChI=1S/C22H26O6/c1-7-15-11-22(20(24)27-5,21(25)28-6)12-19(15)13(2)18-10-16(26-4)8-9-17(18)14(3)23/h7-10H,11-12H2,1-6H3/b15-7+,19-13-. The normalized spacial score (nSPS) is 18.6. The van der Waals surface area contributed by atoms with Gasteiger partial charge in [-0.1, -0.05) is 6.08 Å². The Morgan fingerprint density at radius 1 is 0.964 bits per heavy atom. The molecule has 1 aromatic carbocycles. The molecule has 0 unspecified atom stereocenters. The molecule has 2 rings (SSSR count). The third-order valence-electron chi connectivity index (χ3n) is 5.32. The van der Waals surface area contributed by atoms with Crippen molar-refractivity contribution in [2.75, 3.05) is 21.3 Å². The molecule has 1 fully saturated rings. The average Bonchev–Trinajstić information content (AvgIpc) is 3.12. The van der Waals surface area contributed by atoms with Gasteiger partial charge < -0.3 is 14.2 Å². The highest BCUT2D eigenvalue weighted by atomic mass is 16.5. The largest absolute Gasteiger partial charge is 0.497 e. The van der Waals surface area contributed by atoms with E-state index in [0.717, 1.165) is 16.7 Å². The Balaban J connectivity index is 2.71. The van der Waals surface area contributed by atoms with Gasteiger partial charge in [-0.2, -0.15) is 0 Å². The van der Waals surface area contributed by atoms with Crippen molar-refractivity contribution in [3.8, 4) is 5.75 Å². The number of rotatable bonds is 5. The highest BCUT2D eigenvalue weighted by Crippen LogP contribution is 2.49. The molecule has 0 N–H and O–H groups in total. The molecule has 0 aromatic heterocycles. The monoisotopic (exact) mass is 386 g/mol. The van der Waals surface area contributed by atoms with Gasteiger partial charge in [-0.05, 0) is 67.7 Å². The van der Waals surface area contributed by atoms with E-state index in [0.29, 0.717) is 16.9 Å². The van der Waals surface area contributed by atoms with Crippen LogP contribution in [0.1, 0.15) is 49.5 Å². The lowest BCUT2D eigenvalue weighted by atomic mass is 9.85. The highest BCUT2D eigenvalue weighted by Gasteiger charge is 2.54. The van der Waals surface area contributed by atoms with Gasteiger partial charge in [-0.25, -0.2) is 0 Å². The number of ketones is 1. The van der Waals surface area contributed by atoms with Crippen molar-refractivity contribution in [3.63, 3.8) is 0 Å². The molecule has 1 aromatic rings. The topological polar surface area (TPSA) is 78.9 Å². The first-order valence-electron chi connectivity index (χ1n) is 8.97. The summed E-state index contributed by atoms with van der Waals surface area (Å²) in [6.07, 6.45) is 2.21. The van der Waals surface area contributed by atoms with Gasteiger partial charge in [0.2, 0.25) is 0 Å². The Bertz CT molecular complexity index is 859. The zero-order chi connectivity index (χ0) is 21.1. The van der Waals surface area contributed by atoms with Gasteiger partial charge >= 0.3 is 11.9 Å². The number of ether oxygens (including phenoxy) is 3. The first-order chi connectivity index (χ1) is 13.2. The summed E-state index contributed by atoms with van der Waals surface area (Å²) in [7, 11) is 4.07. The molecule has 0 heterocycles. The van der Waals surface area contributed by atoms with Crippen LogP contribution in [0.4, 0.5) is 0 Å². The van der Waals surface area contributed by atoms with E-state index in [1.165, 1.54) is 21.1 Å². The lowest BCUT2D eigenvalue weighted by molar-refractivity contribution is -0.168. The van der Waals surface area contributed by atoms with Crippen molar-refractivity contribution >= 4 is 23.3 Å². The summed E-state index contributed by atoms with van der Waals surface area (Å²) < 4.78 is 15.2. The maximum Gasteiger partial charge on any atom is 0.323 e.